The fourth-order valence-electron chi connectivity index (χ4n) is 3.33. The maximum absolute atomic E-state index is 12.6. The van der Waals surface area contributed by atoms with Gasteiger partial charge in [-0.2, -0.15) is 0 Å². The maximum Gasteiger partial charge on any atom is 0.238 e. The molecule has 1 aromatic carbocycles. The monoisotopic (exact) mass is 409 g/mol. The third-order valence-corrected chi connectivity index (χ3v) is 5.19. The van der Waals surface area contributed by atoms with Crippen LogP contribution in [0.25, 0.3) is 0 Å². The molecule has 1 heterocycles. The molecular weight excluding hydrogens is 382 g/mol. The smallest absolute Gasteiger partial charge is 0.238 e. The number of benzene rings is 1. The Bertz CT molecular complexity index is 621. The number of hydrogen-bond donors (Lipinski definition) is 1. The summed E-state index contributed by atoms with van der Waals surface area (Å²) in [6.45, 7) is 5.41. The second-order valence-electron chi connectivity index (χ2n) is 6.82. The van der Waals surface area contributed by atoms with Crippen LogP contribution in [0.2, 0.25) is 0 Å². The molecule has 1 aliphatic heterocycles. The Labute approximate surface area is 158 Å². The highest BCUT2D eigenvalue weighted by molar-refractivity contribution is 9.10. The number of carbonyl (C=O) groups is 2. The van der Waals surface area contributed by atoms with Gasteiger partial charge in [0.1, 0.15) is 0 Å². The number of likely N-dealkylation sites (tertiary alicyclic amines) is 1. The predicted octanol–water partition coefficient (Wildman–Crippen LogP) is 3.42. The van der Waals surface area contributed by atoms with Crippen LogP contribution in [0.15, 0.2) is 22.7 Å². The van der Waals surface area contributed by atoms with Crippen molar-refractivity contribution in [1.82, 2.24) is 9.80 Å². The number of rotatable bonds is 6. The van der Waals surface area contributed by atoms with E-state index in [1.54, 1.807) is 4.90 Å². The van der Waals surface area contributed by atoms with E-state index in [1.165, 1.54) is 6.42 Å². The standard InChI is InChI=1S/C19H28BrN3O2/c1-4-16-7-5-6-10-23(16)19(25)13-22(3)12-18(24)21-17-9-8-15(20)11-14(17)2/h8-9,11,16H,4-7,10,12-13H2,1-3H3,(H,21,24)/t16-/m1/s1. The lowest BCUT2D eigenvalue weighted by Gasteiger charge is -2.36. The largest absolute Gasteiger partial charge is 0.339 e. The van der Waals surface area contributed by atoms with Gasteiger partial charge in [-0.15, -0.1) is 0 Å². The molecule has 6 heteroatoms. The van der Waals surface area contributed by atoms with Crippen LogP contribution >= 0.6 is 15.9 Å². The van der Waals surface area contributed by atoms with Crippen LogP contribution in [-0.2, 0) is 9.59 Å². The lowest BCUT2D eigenvalue weighted by atomic mass is 10.00. The molecule has 1 aliphatic rings. The highest BCUT2D eigenvalue weighted by atomic mass is 79.9. The zero-order valence-electron chi connectivity index (χ0n) is 15.3. The van der Waals surface area contributed by atoms with Gasteiger partial charge in [0.2, 0.25) is 11.8 Å². The molecule has 0 bridgehead atoms. The summed E-state index contributed by atoms with van der Waals surface area (Å²) in [5, 5.41) is 2.91. The normalized spacial score (nSPS) is 17.6. The molecule has 0 aromatic heterocycles. The molecule has 138 valence electrons. The molecule has 2 rings (SSSR count). The summed E-state index contributed by atoms with van der Waals surface area (Å²) in [5.41, 5.74) is 1.80. The molecule has 0 saturated carbocycles. The van der Waals surface area contributed by atoms with Crippen molar-refractivity contribution in [2.24, 2.45) is 0 Å². The number of aryl methyl sites for hydroxylation is 1. The minimum atomic E-state index is -0.105. The van der Waals surface area contributed by atoms with Gasteiger partial charge in [-0.05, 0) is 63.4 Å². The first-order valence-electron chi connectivity index (χ1n) is 8.94. The summed E-state index contributed by atoms with van der Waals surface area (Å²) in [4.78, 5) is 28.6. The third-order valence-electron chi connectivity index (χ3n) is 4.70. The van der Waals surface area contributed by atoms with Crippen molar-refractivity contribution in [3.63, 3.8) is 0 Å². The van der Waals surface area contributed by atoms with Crippen molar-refractivity contribution in [2.45, 2.75) is 45.6 Å². The van der Waals surface area contributed by atoms with Gasteiger partial charge in [-0.25, -0.2) is 0 Å². The third kappa shape index (κ3) is 5.82. The molecule has 5 nitrogen and oxygen atoms in total. The Morgan fingerprint density at radius 3 is 2.76 bits per heavy atom. The minimum Gasteiger partial charge on any atom is -0.339 e. The van der Waals surface area contributed by atoms with Gasteiger partial charge in [-0.1, -0.05) is 22.9 Å². The number of carbonyl (C=O) groups excluding carboxylic acids is 2. The van der Waals surface area contributed by atoms with Gasteiger partial charge in [0.05, 0.1) is 13.1 Å². The van der Waals surface area contributed by atoms with E-state index in [1.807, 2.05) is 37.1 Å². The lowest BCUT2D eigenvalue weighted by Crippen LogP contribution is -2.48. The topological polar surface area (TPSA) is 52.7 Å². The Morgan fingerprint density at radius 2 is 2.08 bits per heavy atom. The zero-order valence-corrected chi connectivity index (χ0v) is 16.9. The molecule has 2 amide bonds. The van der Waals surface area contributed by atoms with Crippen molar-refractivity contribution < 1.29 is 9.59 Å². The van der Waals surface area contributed by atoms with Gasteiger partial charge in [0.15, 0.2) is 0 Å². The summed E-state index contributed by atoms with van der Waals surface area (Å²) in [5.74, 6) is 0.0214. The van der Waals surface area contributed by atoms with E-state index in [9.17, 15) is 9.59 Å². The van der Waals surface area contributed by atoms with Crippen molar-refractivity contribution in [3.8, 4) is 0 Å². The quantitative estimate of drug-likeness (QED) is 0.782. The summed E-state index contributed by atoms with van der Waals surface area (Å²) in [6, 6.07) is 6.09. The molecular formula is C19H28BrN3O2. The van der Waals surface area contributed by atoms with Gasteiger partial charge in [0.25, 0.3) is 0 Å². The summed E-state index contributed by atoms with van der Waals surface area (Å²) in [6.07, 6.45) is 4.37. The SMILES string of the molecule is CC[C@@H]1CCCCN1C(=O)CN(C)CC(=O)Nc1ccc(Br)cc1C. The predicted molar refractivity (Wildman–Crippen MR) is 105 cm³/mol. The fraction of sp³-hybridized carbons (Fsp3) is 0.579. The number of nitrogens with one attached hydrogen (secondary N) is 1. The van der Waals surface area contributed by atoms with E-state index in [4.69, 9.17) is 0 Å². The van der Waals surface area contributed by atoms with Crippen LogP contribution in [0, 0.1) is 6.92 Å². The average molecular weight is 410 g/mol. The molecule has 1 aromatic rings. The number of likely N-dealkylation sites (N-methyl/N-ethyl adjacent to an activating group) is 1. The van der Waals surface area contributed by atoms with Crippen molar-refractivity contribution in [1.29, 1.82) is 0 Å². The van der Waals surface area contributed by atoms with Crippen LogP contribution in [0.1, 0.15) is 38.2 Å². The average Bonchev–Trinajstić information content (AvgIpc) is 2.57. The number of nitrogens with zero attached hydrogens (tertiary/aromatic N) is 2. The number of anilines is 1. The van der Waals surface area contributed by atoms with Gasteiger partial charge >= 0.3 is 0 Å². The van der Waals surface area contributed by atoms with Crippen molar-refractivity contribution in [3.05, 3.63) is 28.2 Å². The summed E-state index contributed by atoms with van der Waals surface area (Å²) >= 11 is 3.42. The van der Waals surface area contributed by atoms with Crippen LogP contribution in [-0.4, -0.2) is 54.3 Å². The van der Waals surface area contributed by atoms with Gasteiger partial charge in [-0.3, -0.25) is 14.5 Å². The van der Waals surface area contributed by atoms with Crippen molar-refractivity contribution in [2.75, 3.05) is 32.0 Å². The van der Waals surface area contributed by atoms with E-state index in [2.05, 4.69) is 28.2 Å². The molecule has 0 unspecified atom stereocenters. The molecule has 1 atom stereocenters. The number of hydrogen-bond acceptors (Lipinski definition) is 3. The van der Waals surface area contributed by atoms with E-state index < -0.39 is 0 Å². The number of piperidine rings is 1. The first-order chi connectivity index (χ1) is 11.9. The highest BCUT2D eigenvalue weighted by Gasteiger charge is 2.26. The van der Waals surface area contributed by atoms with E-state index in [-0.39, 0.29) is 24.9 Å². The highest BCUT2D eigenvalue weighted by Crippen LogP contribution is 2.21. The molecule has 0 spiro atoms. The molecule has 25 heavy (non-hydrogen) atoms. The molecule has 0 aliphatic carbocycles. The second kappa shape index (κ2) is 9.34. The molecule has 0 radical (unpaired) electrons. The zero-order chi connectivity index (χ0) is 18.4. The minimum absolute atomic E-state index is 0.105. The Balaban J connectivity index is 1.85. The number of amides is 2. The van der Waals surface area contributed by atoms with E-state index in [0.29, 0.717) is 6.04 Å². The molecule has 1 N–H and O–H groups in total. The van der Waals surface area contributed by atoms with Crippen LogP contribution < -0.4 is 5.32 Å². The van der Waals surface area contributed by atoms with Gasteiger partial charge < -0.3 is 10.2 Å². The van der Waals surface area contributed by atoms with E-state index >= 15 is 0 Å². The Morgan fingerprint density at radius 1 is 1.32 bits per heavy atom. The van der Waals surface area contributed by atoms with Crippen LogP contribution in [0.4, 0.5) is 5.69 Å². The van der Waals surface area contributed by atoms with E-state index in [0.717, 1.165) is 41.5 Å². The van der Waals surface area contributed by atoms with Crippen LogP contribution in [0.5, 0.6) is 0 Å². The molecule has 1 fully saturated rings. The summed E-state index contributed by atoms with van der Waals surface area (Å²) < 4.78 is 0.984. The number of halogens is 1. The van der Waals surface area contributed by atoms with Gasteiger partial charge in [0, 0.05) is 22.7 Å². The Kier molecular flexibility index (Phi) is 7.44. The Hall–Kier alpha value is -1.40. The van der Waals surface area contributed by atoms with Crippen molar-refractivity contribution >= 4 is 33.4 Å². The lowest BCUT2D eigenvalue weighted by molar-refractivity contribution is -0.136. The summed E-state index contributed by atoms with van der Waals surface area (Å²) in [7, 11) is 1.82. The first kappa shape index (κ1) is 19.9. The maximum atomic E-state index is 12.6. The second-order valence-corrected chi connectivity index (χ2v) is 7.74. The fourth-order valence-corrected chi connectivity index (χ4v) is 3.81. The first-order valence-corrected chi connectivity index (χ1v) is 9.74. The molecule has 1 saturated heterocycles. The van der Waals surface area contributed by atoms with Crippen LogP contribution in [0.3, 0.4) is 0 Å².